The number of thiol groups is 1. The van der Waals surface area contributed by atoms with Gasteiger partial charge in [0.2, 0.25) is 5.75 Å². The van der Waals surface area contributed by atoms with Gasteiger partial charge in [0.15, 0.2) is 5.82 Å². The first-order valence-corrected chi connectivity index (χ1v) is 4.46. The molecule has 1 rings (SSSR count). The lowest BCUT2D eigenvalue weighted by Crippen LogP contribution is -2.03. The molecule has 0 saturated heterocycles. The summed E-state index contributed by atoms with van der Waals surface area (Å²) in [4.78, 5) is 9.79. The van der Waals surface area contributed by atoms with Gasteiger partial charge in [0, 0.05) is 11.8 Å². The molecule has 0 N–H and O–H groups in total. The second-order valence-electron chi connectivity index (χ2n) is 2.42. The predicted octanol–water partition coefficient (Wildman–Crippen LogP) is 2.04. The van der Waals surface area contributed by atoms with E-state index in [0.29, 0.717) is 5.75 Å². The summed E-state index contributed by atoms with van der Waals surface area (Å²) in [5, 5.41) is 10.5. The largest absolute Gasteiger partial charge is 0.484 e. The average molecular weight is 217 g/mol. The van der Waals surface area contributed by atoms with Gasteiger partial charge in [0.25, 0.3) is 0 Å². The molecule has 0 aliphatic carbocycles. The van der Waals surface area contributed by atoms with Crippen molar-refractivity contribution in [1.82, 2.24) is 0 Å². The van der Waals surface area contributed by atoms with E-state index in [1.165, 1.54) is 12.1 Å². The van der Waals surface area contributed by atoms with E-state index in [9.17, 15) is 14.5 Å². The molecule has 0 saturated carbocycles. The molecule has 0 aliphatic rings. The first-order chi connectivity index (χ1) is 6.66. The SMILES string of the molecule is O=[N+]([O-])c1cccc(F)c1OCCS. The van der Waals surface area contributed by atoms with Crippen molar-refractivity contribution in [3.05, 3.63) is 34.1 Å². The molecule has 6 heteroatoms. The van der Waals surface area contributed by atoms with Crippen LogP contribution in [0, 0.1) is 15.9 Å². The molecule has 4 nitrogen and oxygen atoms in total. The number of hydrogen-bond donors (Lipinski definition) is 1. The van der Waals surface area contributed by atoms with Crippen LogP contribution < -0.4 is 4.74 Å². The minimum atomic E-state index is -0.735. The number of hydrogen-bond acceptors (Lipinski definition) is 4. The second-order valence-corrected chi connectivity index (χ2v) is 2.86. The van der Waals surface area contributed by atoms with Crippen molar-refractivity contribution >= 4 is 18.3 Å². The maximum absolute atomic E-state index is 13.1. The fourth-order valence-electron chi connectivity index (χ4n) is 0.932. The van der Waals surface area contributed by atoms with Gasteiger partial charge in [-0.3, -0.25) is 10.1 Å². The maximum Gasteiger partial charge on any atom is 0.314 e. The van der Waals surface area contributed by atoms with E-state index in [1.807, 2.05) is 0 Å². The Morgan fingerprint density at radius 3 is 2.86 bits per heavy atom. The first kappa shape index (κ1) is 10.8. The van der Waals surface area contributed by atoms with Crippen LogP contribution in [0.1, 0.15) is 0 Å². The van der Waals surface area contributed by atoms with Crippen LogP contribution in [-0.4, -0.2) is 17.3 Å². The smallest absolute Gasteiger partial charge is 0.314 e. The zero-order valence-electron chi connectivity index (χ0n) is 7.14. The highest BCUT2D eigenvalue weighted by atomic mass is 32.1. The summed E-state index contributed by atoms with van der Waals surface area (Å²) >= 11 is 3.85. The Kier molecular flexibility index (Phi) is 3.70. The van der Waals surface area contributed by atoms with Crippen molar-refractivity contribution in [2.24, 2.45) is 0 Å². The molecule has 0 fully saturated rings. The Bertz CT molecular complexity index is 345. The number of para-hydroxylation sites is 1. The average Bonchev–Trinajstić information content (AvgIpc) is 2.15. The molecule has 0 heterocycles. The van der Waals surface area contributed by atoms with Gasteiger partial charge in [0.05, 0.1) is 11.5 Å². The van der Waals surface area contributed by atoms with Gasteiger partial charge >= 0.3 is 5.69 Å². The summed E-state index contributed by atoms with van der Waals surface area (Å²) < 4.78 is 18.0. The fourth-order valence-corrected chi connectivity index (χ4v) is 1.02. The second kappa shape index (κ2) is 4.80. The van der Waals surface area contributed by atoms with Crippen molar-refractivity contribution < 1.29 is 14.1 Å². The quantitative estimate of drug-likeness (QED) is 0.477. The van der Waals surface area contributed by atoms with Crippen molar-refractivity contribution in [1.29, 1.82) is 0 Å². The van der Waals surface area contributed by atoms with E-state index in [4.69, 9.17) is 4.74 Å². The predicted molar refractivity (Wildman–Crippen MR) is 52.4 cm³/mol. The van der Waals surface area contributed by atoms with Gasteiger partial charge in [-0.2, -0.15) is 12.6 Å². The van der Waals surface area contributed by atoms with Gasteiger partial charge in [-0.05, 0) is 6.07 Å². The van der Waals surface area contributed by atoms with Gasteiger partial charge < -0.3 is 4.74 Å². The molecule has 0 bridgehead atoms. The van der Waals surface area contributed by atoms with Crippen molar-refractivity contribution in [3.63, 3.8) is 0 Å². The number of nitrogens with zero attached hydrogens (tertiary/aromatic N) is 1. The molecular formula is C8H8FNO3S. The number of halogens is 1. The van der Waals surface area contributed by atoms with E-state index < -0.39 is 10.7 Å². The topological polar surface area (TPSA) is 52.4 Å². The van der Waals surface area contributed by atoms with Crippen LogP contribution in [-0.2, 0) is 0 Å². The van der Waals surface area contributed by atoms with E-state index in [0.717, 1.165) is 6.07 Å². The van der Waals surface area contributed by atoms with Crippen LogP contribution in [0.4, 0.5) is 10.1 Å². The number of nitro groups is 1. The van der Waals surface area contributed by atoms with Gasteiger partial charge in [-0.25, -0.2) is 4.39 Å². The Morgan fingerprint density at radius 1 is 1.57 bits per heavy atom. The Labute approximate surface area is 85.2 Å². The number of benzene rings is 1. The van der Waals surface area contributed by atoms with Crippen LogP contribution in [0.2, 0.25) is 0 Å². The normalized spacial score (nSPS) is 9.86. The Hall–Kier alpha value is -1.30. The molecule has 14 heavy (non-hydrogen) atoms. The molecule has 0 amide bonds. The summed E-state index contributed by atoms with van der Waals surface area (Å²) in [6.45, 7) is 0.130. The molecule has 0 unspecified atom stereocenters. The van der Waals surface area contributed by atoms with E-state index >= 15 is 0 Å². The summed E-state index contributed by atoms with van der Waals surface area (Å²) in [7, 11) is 0. The Morgan fingerprint density at radius 2 is 2.29 bits per heavy atom. The zero-order valence-corrected chi connectivity index (χ0v) is 8.04. The van der Waals surface area contributed by atoms with Crippen molar-refractivity contribution in [2.75, 3.05) is 12.4 Å². The summed E-state index contributed by atoms with van der Waals surface area (Å²) in [5.41, 5.74) is -0.369. The van der Waals surface area contributed by atoms with Gasteiger partial charge in [-0.15, -0.1) is 0 Å². The van der Waals surface area contributed by atoms with Crippen LogP contribution in [0.3, 0.4) is 0 Å². The lowest BCUT2D eigenvalue weighted by molar-refractivity contribution is -0.386. The third kappa shape index (κ3) is 2.35. The van der Waals surface area contributed by atoms with Crippen LogP contribution >= 0.6 is 12.6 Å². The third-order valence-electron chi connectivity index (χ3n) is 1.48. The lowest BCUT2D eigenvalue weighted by atomic mass is 10.3. The van der Waals surface area contributed by atoms with Gasteiger partial charge in [0.1, 0.15) is 0 Å². The lowest BCUT2D eigenvalue weighted by Gasteiger charge is -2.05. The molecule has 1 aromatic rings. The monoisotopic (exact) mass is 217 g/mol. The minimum absolute atomic E-state index is 0.130. The van der Waals surface area contributed by atoms with E-state index in [-0.39, 0.29) is 18.0 Å². The molecule has 0 aliphatic heterocycles. The zero-order chi connectivity index (χ0) is 10.6. The van der Waals surface area contributed by atoms with Gasteiger partial charge in [-0.1, -0.05) is 6.07 Å². The number of rotatable bonds is 4. The van der Waals surface area contributed by atoms with Crippen LogP contribution in [0.25, 0.3) is 0 Å². The summed E-state index contributed by atoms with van der Waals surface area (Å²) in [6.07, 6.45) is 0. The van der Waals surface area contributed by atoms with Crippen LogP contribution in [0.15, 0.2) is 18.2 Å². The number of nitro benzene ring substituents is 1. The summed E-state index contributed by atoms with van der Waals surface area (Å²) in [5.74, 6) is -0.696. The highest BCUT2D eigenvalue weighted by Gasteiger charge is 2.18. The molecule has 0 spiro atoms. The molecule has 1 aromatic carbocycles. The minimum Gasteiger partial charge on any atom is -0.484 e. The highest BCUT2D eigenvalue weighted by Crippen LogP contribution is 2.29. The van der Waals surface area contributed by atoms with Crippen LogP contribution in [0.5, 0.6) is 5.75 Å². The Balaban J connectivity index is 3.02. The van der Waals surface area contributed by atoms with E-state index in [2.05, 4.69) is 12.6 Å². The van der Waals surface area contributed by atoms with Crippen molar-refractivity contribution in [2.45, 2.75) is 0 Å². The molecule has 76 valence electrons. The third-order valence-corrected chi connectivity index (χ3v) is 1.66. The first-order valence-electron chi connectivity index (χ1n) is 3.83. The highest BCUT2D eigenvalue weighted by molar-refractivity contribution is 7.80. The maximum atomic E-state index is 13.1. The summed E-state index contributed by atoms with van der Waals surface area (Å²) in [6, 6.07) is 3.57. The standard InChI is InChI=1S/C8H8FNO3S/c9-6-2-1-3-7(10(11)12)8(6)13-4-5-14/h1-3,14H,4-5H2. The van der Waals surface area contributed by atoms with E-state index in [1.54, 1.807) is 0 Å². The van der Waals surface area contributed by atoms with Crippen molar-refractivity contribution in [3.8, 4) is 5.75 Å². The molecule has 0 aromatic heterocycles. The number of ether oxygens (including phenoxy) is 1. The fraction of sp³-hybridized carbons (Fsp3) is 0.250. The molecule has 0 radical (unpaired) electrons. The molecule has 0 atom stereocenters. The molecular weight excluding hydrogens is 209 g/mol.